The number of halogens is 1. The SMILES string of the molecule is COC(=O)CC1CNCCCN1c1ccccc1Br. The molecule has 0 bridgehead atoms. The lowest BCUT2D eigenvalue weighted by atomic mass is 10.1. The summed E-state index contributed by atoms with van der Waals surface area (Å²) in [5.41, 5.74) is 1.14. The number of hydrogen-bond acceptors (Lipinski definition) is 4. The summed E-state index contributed by atoms with van der Waals surface area (Å²) in [4.78, 5) is 13.9. The molecule has 1 N–H and O–H groups in total. The zero-order valence-electron chi connectivity index (χ0n) is 11.1. The van der Waals surface area contributed by atoms with E-state index in [1.165, 1.54) is 7.11 Å². The van der Waals surface area contributed by atoms with Crippen molar-refractivity contribution in [3.8, 4) is 0 Å². The highest BCUT2D eigenvalue weighted by Crippen LogP contribution is 2.28. The summed E-state index contributed by atoms with van der Waals surface area (Å²) in [5.74, 6) is -0.161. The van der Waals surface area contributed by atoms with Gasteiger partial charge in [-0.3, -0.25) is 4.79 Å². The summed E-state index contributed by atoms with van der Waals surface area (Å²) in [6.45, 7) is 2.73. The van der Waals surface area contributed by atoms with Crippen molar-refractivity contribution < 1.29 is 9.53 Å². The molecular formula is C14H19BrN2O2. The lowest BCUT2D eigenvalue weighted by molar-refractivity contribution is -0.141. The van der Waals surface area contributed by atoms with Gasteiger partial charge in [0.15, 0.2) is 0 Å². The number of hydrogen-bond donors (Lipinski definition) is 1. The fourth-order valence-corrected chi connectivity index (χ4v) is 2.91. The highest BCUT2D eigenvalue weighted by atomic mass is 79.9. The average Bonchev–Trinajstić information content (AvgIpc) is 2.65. The molecule has 1 fully saturated rings. The molecule has 1 aliphatic rings. The fraction of sp³-hybridized carbons (Fsp3) is 0.500. The lowest BCUT2D eigenvalue weighted by Crippen LogP contribution is -2.41. The number of nitrogens with one attached hydrogen (secondary N) is 1. The Kier molecular flexibility index (Phi) is 5.22. The van der Waals surface area contributed by atoms with Crippen molar-refractivity contribution in [2.75, 3.05) is 31.6 Å². The van der Waals surface area contributed by atoms with Crippen molar-refractivity contribution in [1.82, 2.24) is 5.32 Å². The van der Waals surface area contributed by atoms with E-state index < -0.39 is 0 Å². The Bertz CT molecular complexity index is 439. The molecule has 104 valence electrons. The molecule has 1 aromatic carbocycles. The average molecular weight is 327 g/mol. The van der Waals surface area contributed by atoms with Crippen LogP contribution in [-0.4, -0.2) is 38.8 Å². The smallest absolute Gasteiger partial charge is 0.307 e. The molecule has 1 saturated heterocycles. The van der Waals surface area contributed by atoms with Crippen LogP contribution in [0.5, 0.6) is 0 Å². The molecule has 0 radical (unpaired) electrons. The molecule has 19 heavy (non-hydrogen) atoms. The van der Waals surface area contributed by atoms with Crippen molar-refractivity contribution in [2.45, 2.75) is 18.9 Å². The van der Waals surface area contributed by atoms with Crippen LogP contribution < -0.4 is 10.2 Å². The van der Waals surface area contributed by atoms with Crippen LogP contribution in [0.1, 0.15) is 12.8 Å². The van der Waals surface area contributed by atoms with Crippen LogP contribution in [0.15, 0.2) is 28.7 Å². The number of nitrogens with zero attached hydrogens (tertiary/aromatic N) is 1. The number of anilines is 1. The standard InChI is InChI=1S/C14H19BrN2O2/c1-19-14(18)9-11-10-16-7-4-8-17(11)13-6-3-2-5-12(13)15/h2-3,5-6,11,16H,4,7-10H2,1H3. The van der Waals surface area contributed by atoms with E-state index in [4.69, 9.17) is 4.74 Å². The Labute approximate surface area is 122 Å². The van der Waals surface area contributed by atoms with Crippen molar-refractivity contribution in [3.05, 3.63) is 28.7 Å². The first-order valence-electron chi connectivity index (χ1n) is 6.51. The molecule has 0 aliphatic carbocycles. The van der Waals surface area contributed by atoms with E-state index in [2.05, 4.69) is 32.2 Å². The summed E-state index contributed by atoms with van der Waals surface area (Å²) < 4.78 is 5.86. The van der Waals surface area contributed by atoms with Crippen molar-refractivity contribution >= 4 is 27.6 Å². The molecule has 0 saturated carbocycles. The third-order valence-corrected chi connectivity index (χ3v) is 4.04. The highest BCUT2D eigenvalue weighted by molar-refractivity contribution is 9.10. The Morgan fingerprint density at radius 1 is 1.53 bits per heavy atom. The largest absolute Gasteiger partial charge is 0.469 e. The number of benzene rings is 1. The van der Waals surface area contributed by atoms with Gasteiger partial charge in [0.2, 0.25) is 0 Å². The predicted molar refractivity (Wildman–Crippen MR) is 79.4 cm³/mol. The third kappa shape index (κ3) is 3.70. The van der Waals surface area contributed by atoms with E-state index in [1.54, 1.807) is 0 Å². The van der Waals surface area contributed by atoms with Crippen molar-refractivity contribution in [3.63, 3.8) is 0 Å². The minimum Gasteiger partial charge on any atom is -0.469 e. The lowest BCUT2D eigenvalue weighted by Gasteiger charge is -2.32. The Morgan fingerprint density at radius 2 is 2.32 bits per heavy atom. The van der Waals surface area contributed by atoms with Gasteiger partial charge in [0.05, 0.1) is 25.3 Å². The van der Waals surface area contributed by atoms with Crippen LogP contribution in [0.3, 0.4) is 0 Å². The van der Waals surface area contributed by atoms with Crippen LogP contribution in [0.25, 0.3) is 0 Å². The van der Waals surface area contributed by atoms with E-state index in [-0.39, 0.29) is 12.0 Å². The van der Waals surface area contributed by atoms with Gasteiger partial charge in [-0.2, -0.15) is 0 Å². The second-order valence-electron chi connectivity index (χ2n) is 4.64. The summed E-state index contributed by atoms with van der Waals surface area (Å²) >= 11 is 3.59. The Hall–Kier alpha value is -1.07. The Morgan fingerprint density at radius 3 is 3.05 bits per heavy atom. The second kappa shape index (κ2) is 6.91. The second-order valence-corrected chi connectivity index (χ2v) is 5.49. The molecule has 1 aliphatic heterocycles. The van der Waals surface area contributed by atoms with Crippen LogP contribution in [-0.2, 0) is 9.53 Å². The molecule has 4 nitrogen and oxygen atoms in total. The minimum absolute atomic E-state index is 0.133. The molecule has 5 heteroatoms. The first kappa shape index (κ1) is 14.3. The van der Waals surface area contributed by atoms with Gasteiger partial charge in [-0.25, -0.2) is 0 Å². The summed E-state index contributed by atoms with van der Waals surface area (Å²) in [6.07, 6.45) is 1.48. The van der Waals surface area contributed by atoms with Crippen LogP contribution in [0.4, 0.5) is 5.69 Å². The monoisotopic (exact) mass is 326 g/mol. The molecule has 1 aromatic rings. The molecule has 2 rings (SSSR count). The molecule has 1 atom stereocenters. The zero-order chi connectivity index (χ0) is 13.7. The summed E-state index contributed by atoms with van der Waals surface area (Å²) in [5, 5.41) is 3.38. The number of rotatable bonds is 3. The first-order valence-corrected chi connectivity index (χ1v) is 7.30. The fourth-order valence-electron chi connectivity index (χ4n) is 2.40. The number of methoxy groups -OCH3 is 1. The maximum Gasteiger partial charge on any atom is 0.307 e. The van der Waals surface area contributed by atoms with E-state index in [9.17, 15) is 4.79 Å². The van der Waals surface area contributed by atoms with Gasteiger partial charge in [-0.1, -0.05) is 12.1 Å². The van der Waals surface area contributed by atoms with E-state index in [1.807, 2.05) is 18.2 Å². The molecule has 0 aromatic heterocycles. The normalized spacial score (nSPS) is 19.9. The molecule has 0 amide bonds. The number of para-hydroxylation sites is 1. The molecule has 1 heterocycles. The summed E-state index contributed by atoms with van der Waals surface area (Å²) in [7, 11) is 1.44. The molecule has 1 unspecified atom stereocenters. The zero-order valence-corrected chi connectivity index (χ0v) is 12.6. The number of ether oxygens (including phenoxy) is 1. The van der Waals surface area contributed by atoms with E-state index in [0.717, 1.165) is 36.2 Å². The van der Waals surface area contributed by atoms with E-state index in [0.29, 0.717) is 6.42 Å². The minimum atomic E-state index is -0.161. The van der Waals surface area contributed by atoms with Gasteiger partial charge >= 0.3 is 5.97 Å². The molecular weight excluding hydrogens is 308 g/mol. The highest BCUT2D eigenvalue weighted by Gasteiger charge is 2.25. The third-order valence-electron chi connectivity index (χ3n) is 3.37. The van der Waals surface area contributed by atoms with Gasteiger partial charge in [-0.15, -0.1) is 0 Å². The van der Waals surface area contributed by atoms with Crippen molar-refractivity contribution in [1.29, 1.82) is 0 Å². The summed E-state index contributed by atoms with van der Waals surface area (Å²) in [6, 6.07) is 8.27. The number of esters is 1. The topological polar surface area (TPSA) is 41.6 Å². The van der Waals surface area contributed by atoms with Gasteiger partial charge < -0.3 is 15.0 Å². The van der Waals surface area contributed by atoms with E-state index >= 15 is 0 Å². The quantitative estimate of drug-likeness (QED) is 0.864. The predicted octanol–water partition coefficient (Wildman–Crippen LogP) is 2.18. The van der Waals surface area contributed by atoms with Gasteiger partial charge in [-0.05, 0) is 41.0 Å². The maximum atomic E-state index is 11.6. The first-order chi connectivity index (χ1) is 9.22. The van der Waals surface area contributed by atoms with Gasteiger partial charge in [0, 0.05) is 17.6 Å². The van der Waals surface area contributed by atoms with Crippen LogP contribution in [0.2, 0.25) is 0 Å². The van der Waals surface area contributed by atoms with Crippen LogP contribution in [0, 0.1) is 0 Å². The number of carbonyl (C=O) groups is 1. The number of carbonyl (C=O) groups excluding carboxylic acids is 1. The van der Waals surface area contributed by atoms with Crippen LogP contribution >= 0.6 is 15.9 Å². The van der Waals surface area contributed by atoms with Gasteiger partial charge in [0.25, 0.3) is 0 Å². The van der Waals surface area contributed by atoms with Crippen molar-refractivity contribution in [2.24, 2.45) is 0 Å². The maximum absolute atomic E-state index is 11.6. The Balaban J connectivity index is 2.22. The molecule has 0 spiro atoms. The van der Waals surface area contributed by atoms with Gasteiger partial charge in [0.1, 0.15) is 0 Å².